The number of methoxy groups -OCH3 is 1. The quantitative estimate of drug-likeness (QED) is 0.828. The molecule has 5 heteroatoms. The maximum atomic E-state index is 11.6. The minimum atomic E-state index is -0.289. The summed E-state index contributed by atoms with van der Waals surface area (Å²) in [6.07, 6.45) is 3.83. The van der Waals surface area contributed by atoms with Crippen molar-refractivity contribution in [1.29, 1.82) is 0 Å². The number of rotatable bonds is 5. The standard InChI is InChI=1S/C14H25N3O2/c1-10(2)12(13(18)19-6)15-7-11-8-16-17(9-11)14(3,4)5/h8-10,12,15H,7H2,1-6H3. The van der Waals surface area contributed by atoms with Gasteiger partial charge in [0.15, 0.2) is 0 Å². The molecule has 0 aliphatic rings. The first kappa shape index (κ1) is 15.7. The van der Waals surface area contributed by atoms with Crippen molar-refractivity contribution in [3.8, 4) is 0 Å². The Morgan fingerprint density at radius 2 is 2.11 bits per heavy atom. The molecule has 1 N–H and O–H groups in total. The number of hydrogen-bond acceptors (Lipinski definition) is 4. The van der Waals surface area contributed by atoms with Gasteiger partial charge in [-0.1, -0.05) is 13.8 Å². The first-order valence-electron chi connectivity index (χ1n) is 6.61. The monoisotopic (exact) mass is 267 g/mol. The molecule has 0 saturated carbocycles. The molecule has 0 spiro atoms. The lowest BCUT2D eigenvalue weighted by atomic mass is 10.0. The van der Waals surface area contributed by atoms with Gasteiger partial charge in [0.05, 0.1) is 18.8 Å². The summed E-state index contributed by atoms with van der Waals surface area (Å²) in [6.45, 7) is 10.9. The summed E-state index contributed by atoms with van der Waals surface area (Å²) in [4.78, 5) is 11.6. The highest BCUT2D eigenvalue weighted by atomic mass is 16.5. The van der Waals surface area contributed by atoms with E-state index in [1.807, 2.05) is 30.9 Å². The highest BCUT2D eigenvalue weighted by Gasteiger charge is 2.22. The summed E-state index contributed by atoms with van der Waals surface area (Å²) in [6, 6.07) is -0.289. The number of ether oxygens (including phenoxy) is 1. The Bertz CT molecular complexity index is 419. The van der Waals surface area contributed by atoms with Gasteiger partial charge in [-0.15, -0.1) is 0 Å². The molecule has 1 atom stereocenters. The van der Waals surface area contributed by atoms with Gasteiger partial charge in [0, 0.05) is 18.3 Å². The van der Waals surface area contributed by atoms with Crippen LogP contribution in [-0.2, 0) is 21.6 Å². The zero-order chi connectivity index (χ0) is 14.6. The zero-order valence-corrected chi connectivity index (χ0v) is 12.7. The summed E-state index contributed by atoms with van der Waals surface area (Å²) in [5, 5.41) is 7.56. The maximum Gasteiger partial charge on any atom is 0.323 e. The van der Waals surface area contributed by atoms with Crippen LogP contribution in [0.4, 0.5) is 0 Å². The lowest BCUT2D eigenvalue weighted by molar-refractivity contribution is -0.144. The van der Waals surface area contributed by atoms with E-state index >= 15 is 0 Å². The summed E-state index contributed by atoms with van der Waals surface area (Å²) < 4.78 is 6.72. The molecule has 0 saturated heterocycles. The Morgan fingerprint density at radius 3 is 2.53 bits per heavy atom. The van der Waals surface area contributed by atoms with Gasteiger partial charge in [0.25, 0.3) is 0 Å². The molecule has 1 rings (SSSR count). The van der Waals surface area contributed by atoms with Crippen LogP contribution in [0.1, 0.15) is 40.2 Å². The number of aromatic nitrogens is 2. The molecule has 0 aliphatic carbocycles. The van der Waals surface area contributed by atoms with Gasteiger partial charge in [-0.25, -0.2) is 0 Å². The third kappa shape index (κ3) is 4.35. The minimum Gasteiger partial charge on any atom is -0.468 e. The van der Waals surface area contributed by atoms with Crippen LogP contribution in [0, 0.1) is 5.92 Å². The van der Waals surface area contributed by atoms with Crippen molar-refractivity contribution in [2.45, 2.75) is 52.7 Å². The predicted octanol–water partition coefficient (Wildman–Crippen LogP) is 1.93. The predicted molar refractivity (Wildman–Crippen MR) is 74.7 cm³/mol. The van der Waals surface area contributed by atoms with E-state index in [9.17, 15) is 4.79 Å². The first-order chi connectivity index (χ1) is 8.75. The Morgan fingerprint density at radius 1 is 1.47 bits per heavy atom. The topological polar surface area (TPSA) is 56.1 Å². The summed E-state index contributed by atoms with van der Waals surface area (Å²) in [5.41, 5.74) is 1.03. The molecular formula is C14H25N3O2. The van der Waals surface area contributed by atoms with E-state index < -0.39 is 0 Å². The first-order valence-corrected chi connectivity index (χ1v) is 6.61. The lowest BCUT2D eigenvalue weighted by Gasteiger charge is -2.20. The number of carbonyl (C=O) groups excluding carboxylic acids is 1. The SMILES string of the molecule is COC(=O)C(NCc1cnn(C(C)(C)C)c1)C(C)C. The van der Waals surface area contributed by atoms with E-state index in [1.54, 1.807) is 0 Å². The van der Waals surface area contributed by atoms with Crippen molar-refractivity contribution >= 4 is 5.97 Å². The van der Waals surface area contributed by atoms with E-state index in [0.29, 0.717) is 6.54 Å². The smallest absolute Gasteiger partial charge is 0.323 e. The second kappa shape index (κ2) is 6.19. The summed E-state index contributed by atoms with van der Waals surface area (Å²) in [5.74, 6) is -0.0386. The second-order valence-corrected chi connectivity index (χ2v) is 6.09. The molecule has 5 nitrogen and oxygen atoms in total. The lowest BCUT2D eigenvalue weighted by Crippen LogP contribution is -2.41. The number of hydrogen-bond donors (Lipinski definition) is 1. The van der Waals surface area contributed by atoms with Crippen molar-refractivity contribution in [3.05, 3.63) is 18.0 Å². The summed E-state index contributed by atoms with van der Waals surface area (Å²) in [7, 11) is 1.41. The van der Waals surface area contributed by atoms with Gasteiger partial charge in [-0.05, 0) is 26.7 Å². The number of carbonyl (C=O) groups is 1. The molecule has 0 aliphatic heterocycles. The van der Waals surface area contributed by atoms with Crippen LogP contribution in [-0.4, -0.2) is 28.9 Å². The molecule has 0 fully saturated rings. The highest BCUT2D eigenvalue weighted by Crippen LogP contribution is 2.13. The molecule has 0 aromatic carbocycles. The van der Waals surface area contributed by atoms with Crippen LogP contribution in [0.3, 0.4) is 0 Å². The van der Waals surface area contributed by atoms with E-state index in [2.05, 4.69) is 31.2 Å². The van der Waals surface area contributed by atoms with E-state index in [1.165, 1.54) is 7.11 Å². The van der Waals surface area contributed by atoms with E-state index in [-0.39, 0.29) is 23.5 Å². The van der Waals surface area contributed by atoms with Crippen LogP contribution in [0.15, 0.2) is 12.4 Å². The second-order valence-electron chi connectivity index (χ2n) is 6.09. The minimum absolute atomic E-state index is 0.0297. The highest BCUT2D eigenvalue weighted by molar-refractivity contribution is 5.75. The molecule has 1 aromatic rings. The van der Waals surface area contributed by atoms with Crippen molar-refractivity contribution in [2.75, 3.05) is 7.11 Å². The third-order valence-corrected chi connectivity index (χ3v) is 2.97. The Labute approximate surface area is 115 Å². The van der Waals surface area contributed by atoms with Crippen molar-refractivity contribution in [3.63, 3.8) is 0 Å². The van der Waals surface area contributed by atoms with E-state index in [0.717, 1.165) is 5.56 Å². The van der Waals surface area contributed by atoms with Crippen LogP contribution >= 0.6 is 0 Å². The maximum absolute atomic E-state index is 11.6. The fourth-order valence-electron chi connectivity index (χ4n) is 1.76. The van der Waals surface area contributed by atoms with Crippen LogP contribution in [0.25, 0.3) is 0 Å². The Hall–Kier alpha value is -1.36. The zero-order valence-electron chi connectivity index (χ0n) is 12.7. The van der Waals surface area contributed by atoms with Crippen LogP contribution < -0.4 is 5.32 Å². The van der Waals surface area contributed by atoms with E-state index in [4.69, 9.17) is 4.74 Å². The van der Waals surface area contributed by atoms with Gasteiger partial charge < -0.3 is 4.74 Å². The van der Waals surface area contributed by atoms with Gasteiger partial charge in [-0.2, -0.15) is 5.10 Å². The molecule has 0 radical (unpaired) electrons. The molecule has 1 unspecified atom stereocenters. The summed E-state index contributed by atoms with van der Waals surface area (Å²) >= 11 is 0. The number of nitrogens with zero attached hydrogens (tertiary/aromatic N) is 2. The van der Waals surface area contributed by atoms with Gasteiger partial charge in [0.1, 0.15) is 6.04 Å². The van der Waals surface area contributed by atoms with Crippen molar-refractivity contribution in [1.82, 2.24) is 15.1 Å². The molecule has 1 heterocycles. The Balaban J connectivity index is 2.65. The molecule has 0 bridgehead atoms. The van der Waals surface area contributed by atoms with Gasteiger partial charge in [-0.3, -0.25) is 14.8 Å². The van der Waals surface area contributed by atoms with Crippen molar-refractivity contribution in [2.24, 2.45) is 5.92 Å². The fourth-order valence-corrected chi connectivity index (χ4v) is 1.76. The molecule has 1 aromatic heterocycles. The van der Waals surface area contributed by atoms with Crippen LogP contribution in [0.5, 0.6) is 0 Å². The number of nitrogens with one attached hydrogen (secondary N) is 1. The Kier molecular flexibility index (Phi) is 5.11. The molecule has 0 amide bonds. The average Bonchev–Trinajstić information content (AvgIpc) is 2.76. The van der Waals surface area contributed by atoms with Gasteiger partial charge in [0.2, 0.25) is 0 Å². The molecular weight excluding hydrogens is 242 g/mol. The van der Waals surface area contributed by atoms with Crippen molar-refractivity contribution < 1.29 is 9.53 Å². The van der Waals surface area contributed by atoms with Crippen LogP contribution in [0.2, 0.25) is 0 Å². The largest absolute Gasteiger partial charge is 0.468 e. The third-order valence-electron chi connectivity index (χ3n) is 2.97. The van der Waals surface area contributed by atoms with Gasteiger partial charge >= 0.3 is 5.97 Å². The normalized spacial score (nSPS) is 13.6. The number of esters is 1. The average molecular weight is 267 g/mol. The molecule has 108 valence electrons. The molecule has 19 heavy (non-hydrogen) atoms. The fraction of sp³-hybridized carbons (Fsp3) is 0.714.